The number of carbonyl (C=O) groups is 2. The molecule has 1 aliphatic heterocycles. The molecule has 2 fully saturated rings. The second kappa shape index (κ2) is 12.1. The lowest BCUT2D eigenvalue weighted by Crippen LogP contribution is -2.55. The number of hydrogen-bond donors (Lipinski definition) is 1. The predicted molar refractivity (Wildman–Crippen MR) is 150 cm³/mol. The largest absolute Gasteiger partial charge is 0.483 e. The fraction of sp³-hybridized carbons (Fsp3) is 0.533. The Kier molecular flexibility index (Phi) is 9.37. The van der Waals surface area contributed by atoms with E-state index < -0.39 is 49.6 Å². The Balaban J connectivity index is 0.00000148. The molecule has 2 aromatic rings. The molecule has 1 saturated carbocycles. The number of likely N-dealkylation sites (tertiary alicyclic amines) is 1. The van der Waals surface area contributed by atoms with Crippen LogP contribution >= 0.6 is 11.6 Å². The molecule has 15 heteroatoms. The normalized spacial score (nSPS) is 23.3. The number of carbonyl (C=O) groups excluding carboxylic acids is 1. The van der Waals surface area contributed by atoms with Gasteiger partial charge in [-0.15, -0.1) is 0 Å². The van der Waals surface area contributed by atoms with Crippen molar-refractivity contribution in [2.45, 2.75) is 92.0 Å². The second-order valence-electron chi connectivity index (χ2n) is 11.9. The maximum Gasteiger partial charge on any atom is 0.435 e. The van der Waals surface area contributed by atoms with Crippen molar-refractivity contribution in [1.29, 1.82) is 0 Å². The highest BCUT2D eigenvalue weighted by molar-refractivity contribution is 7.92. The third-order valence-corrected chi connectivity index (χ3v) is 12.2. The maximum atomic E-state index is 15.0. The van der Waals surface area contributed by atoms with Gasteiger partial charge in [0, 0.05) is 22.5 Å². The molecule has 248 valence electrons. The lowest BCUT2D eigenvalue weighted by atomic mass is 9.73. The summed E-state index contributed by atoms with van der Waals surface area (Å²) in [6, 6.07) is 6.17. The molecule has 1 N–H and O–H groups in total. The summed E-state index contributed by atoms with van der Waals surface area (Å²) in [5.41, 5.74) is -8.21. The molecule has 2 aromatic carbocycles. The van der Waals surface area contributed by atoms with Crippen LogP contribution in [0.15, 0.2) is 47.4 Å². The molecule has 1 amide bonds. The zero-order valence-electron chi connectivity index (χ0n) is 24.0. The summed E-state index contributed by atoms with van der Waals surface area (Å²) in [6.07, 6.45) is -9.07. The summed E-state index contributed by atoms with van der Waals surface area (Å²) in [7, 11) is -4.43. The number of benzene rings is 2. The molecule has 0 aromatic heterocycles. The van der Waals surface area contributed by atoms with Gasteiger partial charge in [-0.1, -0.05) is 62.1 Å². The number of rotatable bonds is 4. The molecule has 5 rings (SSSR count). The van der Waals surface area contributed by atoms with E-state index in [0.717, 1.165) is 25.3 Å². The van der Waals surface area contributed by atoms with E-state index in [9.17, 15) is 43.9 Å². The molecular formula is C30H31ClF7NO5S. The number of halogens is 8. The molecule has 2 atom stereocenters. The maximum absolute atomic E-state index is 15.0. The summed E-state index contributed by atoms with van der Waals surface area (Å²) in [5.74, 6) is -0.215. The van der Waals surface area contributed by atoms with Crippen LogP contribution in [0, 0.1) is 5.41 Å². The number of aryl methyl sites for hydroxylation is 1. The van der Waals surface area contributed by atoms with Gasteiger partial charge in [-0.25, -0.2) is 12.8 Å². The number of nitrogens with zero attached hydrogens (tertiary/aromatic N) is 1. The average molecular weight is 686 g/mol. The number of fused-ring (bicyclic) bond motifs is 3. The van der Waals surface area contributed by atoms with E-state index >= 15 is 0 Å². The quantitative estimate of drug-likeness (QED) is 0.266. The number of carboxylic acid groups (broad SMARTS) is 1. The summed E-state index contributed by atoms with van der Waals surface area (Å²) >= 11 is 6.10. The average Bonchev–Trinajstić information content (AvgIpc) is 3.37. The minimum atomic E-state index is -6.31. The Hall–Kier alpha value is -2.87. The van der Waals surface area contributed by atoms with Crippen LogP contribution in [0.2, 0.25) is 5.02 Å². The minimum absolute atomic E-state index is 0.0260. The van der Waals surface area contributed by atoms with E-state index in [1.165, 1.54) is 29.2 Å². The summed E-state index contributed by atoms with van der Waals surface area (Å²) in [5, 5.41) is 6.99. The Morgan fingerprint density at radius 3 is 2.13 bits per heavy atom. The van der Waals surface area contributed by atoms with Gasteiger partial charge in [-0.3, -0.25) is 9.59 Å². The Labute approximate surface area is 260 Å². The number of hydrogen-bond acceptors (Lipinski definition) is 4. The van der Waals surface area contributed by atoms with Crippen molar-refractivity contribution in [2.75, 3.05) is 6.54 Å². The molecule has 0 bridgehead atoms. The third kappa shape index (κ3) is 5.59. The Morgan fingerprint density at radius 2 is 1.58 bits per heavy atom. The first-order valence-electron chi connectivity index (χ1n) is 14.2. The van der Waals surface area contributed by atoms with E-state index in [0.29, 0.717) is 25.0 Å². The molecule has 6 nitrogen and oxygen atoms in total. The first-order valence-corrected chi connectivity index (χ1v) is 16.0. The van der Waals surface area contributed by atoms with E-state index in [4.69, 9.17) is 21.5 Å². The van der Waals surface area contributed by atoms with Crippen LogP contribution < -0.4 is 0 Å². The van der Waals surface area contributed by atoms with Gasteiger partial charge in [-0.2, -0.15) is 26.3 Å². The minimum Gasteiger partial charge on any atom is -0.483 e. The fourth-order valence-corrected chi connectivity index (χ4v) is 9.88. The van der Waals surface area contributed by atoms with E-state index in [1.807, 2.05) is 6.92 Å². The van der Waals surface area contributed by atoms with Crippen LogP contribution in [-0.4, -0.2) is 55.7 Å². The highest BCUT2D eigenvalue weighted by atomic mass is 35.5. The van der Waals surface area contributed by atoms with Gasteiger partial charge in [0.25, 0.3) is 6.47 Å². The van der Waals surface area contributed by atoms with Crippen LogP contribution in [-0.2, 0) is 36.3 Å². The lowest BCUT2D eigenvalue weighted by Gasteiger charge is -2.45. The Bertz CT molecular complexity index is 1540. The van der Waals surface area contributed by atoms with Crippen molar-refractivity contribution in [3.05, 3.63) is 64.2 Å². The van der Waals surface area contributed by atoms with E-state index in [1.54, 1.807) is 0 Å². The standard InChI is InChI=1S/C29H29ClF7NO3S.CH2O2/c1-25(12-3-2-4-13-25)24(39)38-15-14-26(42(40,41)21-7-5-6-20(30)17-21)22-10-9-19(16-18(22)8-11-23(26)38)27(31,28(32,33)34)29(35,36)37;2-1-3/h5-7,9-10,16-17,23H,2-4,8,11-15H2,1H3;1H,(H,2,3). The molecule has 2 unspecified atom stereocenters. The number of amides is 1. The smallest absolute Gasteiger partial charge is 0.435 e. The van der Waals surface area contributed by atoms with Gasteiger partial charge >= 0.3 is 18.0 Å². The zero-order valence-corrected chi connectivity index (χ0v) is 25.6. The van der Waals surface area contributed by atoms with Crippen molar-refractivity contribution in [1.82, 2.24) is 4.90 Å². The molecular weight excluding hydrogens is 655 g/mol. The molecule has 1 saturated heterocycles. The molecule has 1 heterocycles. The van der Waals surface area contributed by atoms with Crippen LogP contribution in [0.3, 0.4) is 0 Å². The molecule has 45 heavy (non-hydrogen) atoms. The van der Waals surface area contributed by atoms with Crippen molar-refractivity contribution in [3.63, 3.8) is 0 Å². The number of alkyl halides is 7. The summed E-state index contributed by atoms with van der Waals surface area (Å²) in [4.78, 5) is 23.7. The molecule has 0 spiro atoms. The van der Waals surface area contributed by atoms with Gasteiger partial charge in [0.1, 0.15) is 4.75 Å². The second-order valence-corrected chi connectivity index (χ2v) is 14.5. The van der Waals surface area contributed by atoms with Crippen LogP contribution in [0.1, 0.15) is 68.6 Å². The van der Waals surface area contributed by atoms with Gasteiger partial charge in [0.05, 0.1) is 10.9 Å². The van der Waals surface area contributed by atoms with Crippen LogP contribution in [0.25, 0.3) is 0 Å². The van der Waals surface area contributed by atoms with Crippen molar-refractivity contribution in [3.8, 4) is 0 Å². The van der Waals surface area contributed by atoms with Crippen molar-refractivity contribution < 1.29 is 53.8 Å². The van der Waals surface area contributed by atoms with E-state index in [2.05, 4.69) is 0 Å². The van der Waals surface area contributed by atoms with Gasteiger partial charge in [-0.05, 0) is 61.4 Å². The first-order chi connectivity index (χ1) is 20.8. The predicted octanol–water partition coefficient (Wildman–Crippen LogP) is 7.52. The molecule has 3 aliphatic rings. The van der Waals surface area contributed by atoms with Crippen molar-refractivity contribution >= 4 is 33.8 Å². The Morgan fingerprint density at radius 1 is 0.978 bits per heavy atom. The SMILES string of the molecule is CC1(C(=O)N2CCC3(S(=O)(=O)c4cccc(Cl)c4)c4ccc(C(F)(C(F)(F)F)C(F)(F)F)cc4CCC23)CCCCC1.O=CO. The van der Waals surface area contributed by atoms with E-state index in [-0.39, 0.29) is 59.2 Å². The highest BCUT2D eigenvalue weighted by Gasteiger charge is 2.74. The van der Waals surface area contributed by atoms with Gasteiger partial charge in [0.2, 0.25) is 5.91 Å². The van der Waals surface area contributed by atoms with Gasteiger partial charge in [0.15, 0.2) is 9.84 Å². The van der Waals surface area contributed by atoms with Crippen molar-refractivity contribution in [2.24, 2.45) is 5.41 Å². The molecule has 0 radical (unpaired) electrons. The highest BCUT2D eigenvalue weighted by Crippen LogP contribution is 2.57. The lowest BCUT2D eigenvalue weighted by molar-refractivity contribution is -0.348. The zero-order chi connectivity index (χ0) is 33.6. The summed E-state index contributed by atoms with van der Waals surface area (Å²) in [6.45, 7) is 1.62. The topological polar surface area (TPSA) is 91.8 Å². The van der Waals surface area contributed by atoms with Crippen LogP contribution in [0.5, 0.6) is 0 Å². The summed E-state index contributed by atoms with van der Waals surface area (Å²) < 4.78 is 123. The monoisotopic (exact) mass is 685 g/mol. The fourth-order valence-electron chi connectivity index (χ4n) is 7.21. The molecule has 2 aliphatic carbocycles. The first kappa shape index (κ1) is 35.0. The van der Waals surface area contributed by atoms with Crippen LogP contribution in [0.4, 0.5) is 30.7 Å². The van der Waals surface area contributed by atoms with Gasteiger partial charge < -0.3 is 10.0 Å². The number of sulfone groups is 1. The third-order valence-electron chi connectivity index (χ3n) is 9.39.